The van der Waals surface area contributed by atoms with Crippen molar-refractivity contribution in [2.75, 3.05) is 12.4 Å². The number of thiophene rings is 1. The van der Waals surface area contributed by atoms with Crippen LogP contribution in [0.2, 0.25) is 0 Å². The first kappa shape index (κ1) is 13.7. The van der Waals surface area contributed by atoms with Crippen molar-refractivity contribution >= 4 is 39.7 Å². The van der Waals surface area contributed by atoms with Gasteiger partial charge in [0.15, 0.2) is 5.13 Å². The maximum Gasteiger partial charge on any atom is 0.311 e. The lowest BCUT2D eigenvalue weighted by molar-refractivity contribution is -0.139. The molecule has 0 saturated carbocycles. The predicted molar refractivity (Wildman–Crippen MR) is 74.8 cm³/mol. The van der Waals surface area contributed by atoms with Crippen LogP contribution in [-0.4, -0.2) is 24.0 Å². The number of aromatic nitrogens is 1. The zero-order valence-electron chi connectivity index (χ0n) is 10.4. The number of nitrogens with zero attached hydrogens (tertiary/aromatic N) is 1. The molecule has 2 aromatic heterocycles. The number of hydrogen-bond acceptors (Lipinski definition) is 6. The Kier molecular flexibility index (Phi) is 4.28. The number of anilines is 1. The molecular weight excluding hydrogens is 284 g/mol. The van der Waals surface area contributed by atoms with E-state index in [0.29, 0.717) is 15.7 Å². The molecule has 0 aliphatic carbocycles. The SMILES string of the molecule is COC(=O)Cc1csc(NC(=O)c2sccc2C)n1. The van der Waals surface area contributed by atoms with Crippen LogP contribution in [0, 0.1) is 6.92 Å². The van der Waals surface area contributed by atoms with E-state index in [1.54, 1.807) is 5.38 Å². The highest BCUT2D eigenvalue weighted by Crippen LogP contribution is 2.20. The van der Waals surface area contributed by atoms with Crippen molar-refractivity contribution in [3.63, 3.8) is 0 Å². The second kappa shape index (κ2) is 5.94. The molecule has 0 aliphatic heterocycles. The minimum absolute atomic E-state index is 0.112. The van der Waals surface area contributed by atoms with E-state index in [9.17, 15) is 9.59 Å². The van der Waals surface area contributed by atoms with Crippen LogP contribution in [0.15, 0.2) is 16.8 Å². The highest BCUT2D eigenvalue weighted by molar-refractivity contribution is 7.14. The standard InChI is InChI=1S/C12H12N2O3S2/c1-7-3-4-18-10(7)11(16)14-12-13-8(6-19-12)5-9(15)17-2/h3-4,6H,5H2,1-2H3,(H,13,14,16). The summed E-state index contributed by atoms with van der Waals surface area (Å²) in [5, 5.41) is 6.81. The molecule has 0 saturated heterocycles. The number of aryl methyl sites for hydroxylation is 1. The van der Waals surface area contributed by atoms with E-state index in [4.69, 9.17) is 0 Å². The van der Waals surface area contributed by atoms with Crippen molar-refractivity contribution in [3.05, 3.63) is 33.0 Å². The number of rotatable bonds is 4. The van der Waals surface area contributed by atoms with Crippen LogP contribution in [-0.2, 0) is 16.0 Å². The molecule has 2 aromatic rings. The first-order valence-electron chi connectivity index (χ1n) is 5.47. The summed E-state index contributed by atoms with van der Waals surface area (Å²) in [6.45, 7) is 1.88. The van der Waals surface area contributed by atoms with Gasteiger partial charge in [-0.15, -0.1) is 22.7 Å². The van der Waals surface area contributed by atoms with E-state index >= 15 is 0 Å². The molecule has 0 radical (unpaired) electrons. The Balaban J connectivity index is 2.02. The molecule has 0 aliphatic rings. The quantitative estimate of drug-likeness (QED) is 0.880. The molecule has 0 aromatic carbocycles. The molecule has 0 unspecified atom stereocenters. The average molecular weight is 296 g/mol. The lowest BCUT2D eigenvalue weighted by atomic mass is 10.3. The predicted octanol–water partition coefficient (Wildman–Crippen LogP) is 2.48. The fourth-order valence-corrected chi connectivity index (χ4v) is 2.95. The summed E-state index contributed by atoms with van der Waals surface area (Å²) in [6.07, 6.45) is 0.112. The van der Waals surface area contributed by atoms with Gasteiger partial charge in [0.25, 0.3) is 5.91 Å². The second-order valence-electron chi connectivity index (χ2n) is 3.78. The summed E-state index contributed by atoms with van der Waals surface area (Å²) in [6, 6.07) is 1.89. The van der Waals surface area contributed by atoms with Crippen molar-refractivity contribution in [1.29, 1.82) is 0 Å². The zero-order chi connectivity index (χ0) is 13.8. The van der Waals surface area contributed by atoms with Crippen LogP contribution in [0.25, 0.3) is 0 Å². The van der Waals surface area contributed by atoms with E-state index in [0.717, 1.165) is 5.56 Å². The first-order chi connectivity index (χ1) is 9.10. The van der Waals surface area contributed by atoms with Gasteiger partial charge in [0.05, 0.1) is 24.1 Å². The number of amides is 1. The summed E-state index contributed by atoms with van der Waals surface area (Å²) < 4.78 is 4.56. The fourth-order valence-electron chi connectivity index (χ4n) is 1.42. The smallest absolute Gasteiger partial charge is 0.311 e. The third-order valence-electron chi connectivity index (χ3n) is 2.39. The van der Waals surface area contributed by atoms with Gasteiger partial charge in [0.1, 0.15) is 0 Å². The van der Waals surface area contributed by atoms with Crippen molar-refractivity contribution in [3.8, 4) is 0 Å². The van der Waals surface area contributed by atoms with Gasteiger partial charge in [-0.05, 0) is 23.9 Å². The largest absolute Gasteiger partial charge is 0.469 e. The maximum atomic E-state index is 12.0. The average Bonchev–Trinajstić information content (AvgIpc) is 2.98. The highest BCUT2D eigenvalue weighted by Gasteiger charge is 2.13. The van der Waals surface area contributed by atoms with Crippen molar-refractivity contribution in [2.24, 2.45) is 0 Å². The number of carbonyl (C=O) groups is 2. The molecule has 0 spiro atoms. The van der Waals surface area contributed by atoms with E-state index in [-0.39, 0.29) is 18.3 Å². The molecule has 7 heteroatoms. The Morgan fingerprint density at radius 2 is 2.21 bits per heavy atom. The summed E-state index contributed by atoms with van der Waals surface area (Å²) in [5.41, 5.74) is 1.53. The molecule has 19 heavy (non-hydrogen) atoms. The van der Waals surface area contributed by atoms with Gasteiger partial charge in [0, 0.05) is 5.38 Å². The number of carbonyl (C=O) groups excluding carboxylic acids is 2. The molecule has 2 heterocycles. The fraction of sp³-hybridized carbons (Fsp3) is 0.250. The summed E-state index contributed by atoms with van der Waals surface area (Å²) in [5.74, 6) is -0.524. The van der Waals surface area contributed by atoms with E-state index in [1.165, 1.54) is 29.8 Å². The Labute approximate surface area is 118 Å². The van der Waals surface area contributed by atoms with E-state index in [1.807, 2.05) is 18.4 Å². The van der Waals surface area contributed by atoms with Crippen LogP contribution in [0.4, 0.5) is 5.13 Å². The third-order valence-corrected chi connectivity index (χ3v) is 4.22. The monoisotopic (exact) mass is 296 g/mol. The molecule has 0 atom stereocenters. The van der Waals surface area contributed by atoms with Crippen LogP contribution in [0.1, 0.15) is 20.9 Å². The van der Waals surface area contributed by atoms with Gasteiger partial charge in [-0.1, -0.05) is 0 Å². The number of hydrogen-bond donors (Lipinski definition) is 1. The first-order valence-corrected chi connectivity index (χ1v) is 7.22. The van der Waals surface area contributed by atoms with Gasteiger partial charge in [-0.25, -0.2) is 4.98 Å². The van der Waals surface area contributed by atoms with Gasteiger partial charge in [-0.3, -0.25) is 14.9 Å². The number of methoxy groups -OCH3 is 1. The molecule has 5 nitrogen and oxygen atoms in total. The molecule has 0 fully saturated rings. The van der Waals surface area contributed by atoms with Gasteiger partial charge >= 0.3 is 5.97 Å². The zero-order valence-corrected chi connectivity index (χ0v) is 12.1. The van der Waals surface area contributed by atoms with Crippen molar-refractivity contribution in [2.45, 2.75) is 13.3 Å². The number of ether oxygens (including phenoxy) is 1. The Hall–Kier alpha value is -1.73. The molecular formula is C12H12N2O3S2. The molecule has 0 bridgehead atoms. The number of thiazole rings is 1. The normalized spacial score (nSPS) is 10.2. The minimum atomic E-state index is -0.350. The number of esters is 1. The molecule has 1 N–H and O–H groups in total. The Morgan fingerprint density at radius 3 is 2.84 bits per heavy atom. The van der Waals surface area contributed by atoms with Gasteiger partial charge in [-0.2, -0.15) is 0 Å². The molecule has 1 amide bonds. The topological polar surface area (TPSA) is 68.3 Å². The van der Waals surface area contributed by atoms with E-state index < -0.39 is 0 Å². The van der Waals surface area contributed by atoms with Crippen LogP contribution >= 0.6 is 22.7 Å². The van der Waals surface area contributed by atoms with Gasteiger partial charge in [0.2, 0.25) is 0 Å². The third kappa shape index (κ3) is 3.39. The van der Waals surface area contributed by atoms with Gasteiger partial charge < -0.3 is 4.74 Å². The van der Waals surface area contributed by atoms with Crippen LogP contribution in [0.5, 0.6) is 0 Å². The lowest BCUT2D eigenvalue weighted by Crippen LogP contribution is -2.11. The van der Waals surface area contributed by atoms with Crippen molar-refractivity contribution in [1.82, 2.24) is 4.98 Å². The minimum Gasteiger partial charge on any atom is -0.469 e. The van der Waals surface area contributed by atoms with E-state index in [2.05, 4.69) is 15.0 Å². The lowest BCUT2D eigenvalue weighted by Gasteiger charge is -2.00. The highest BCUT2D eigenvalue weighted by atomic mass is 32.1. The molecule has 2 rings (SSSR count). The summed E-state index contributed by atoms with van der Waals surface area (Å²) >= 11 is 2.68. The van der Waals surface area contributed by atoms with Crippen LogP contribution < -0.4 is 5.32 Å². The second-order valence-corrected chi connectivity index (χ2v) is 5.56. The van der Waals surface area contributed by atoms with Crippen molar-refractivity contribution < 1.29 is 14.3 Å². The van der Waals surface area contributed by atoms with Crippen LogP contribution in [0.3, 0.4) is 0 Å². The maximum absolute atomic E-state index is 12.0. The summed E-state index contributed by atoms with van der Waals surface area (Å²) in [4.78, 5) is 27.9. The molecule has 100 valence electrons. The Bertz CT molecular complexity index is 604. The Morgan fingerprint density at radius 1 is 1.42 bits per heavy atom. The summed E-state index contributed by atoms with van der Waals surface area (Å²) in [7, 11) is 1.33. The number of nitrogens with one attached hydrogen (secondary N) is 1.